The Bertz CT molecular complexity index is 464. The lowest BCUT2D eigenvalue weighted by Gasteiger charge is -2.30. The van der Waals surface area contributed by atoms with E-state index in [4.69, 9.17) is 9.15 Å². The van der Waals surface area contributed by atoms with Gasteiger partial charge in [-0.05, 0) is 31.1 Å². The Labute approximate surface area is 111 Å². The van der Waals surface area contributed by atoms with Gasteiger partial charge in [0.15, 0.2) is 0 Å². The topological polar surface area (TPSA) is 59.8 Å². The first-order valence-electron chi connectivity index (χ1n) is 6.29. The Morgan fingerprint density at radius 3 is 3.05 bits per heavy atom. The van der Waals surface area contributed by atoms with Gasteiger partial charge in [0.2, 0.25) is 5.91 Å². The van der Waals surface area contributed by atoms with Crippen molar-refractivity contribution >= 4 is 18.0 Å². The van der Waals surface area contributed by atoms with E-state index in [1.807, 2.05) is 0 Å². The average Bonchev–Trinajstić information content (AvgIpc) is 2.97. The van der Waals surface area contributed by atoms with Gasteiger partial charge in [-0.2, -0.15) is 0 Å². The van der Waals surface area contributed by atoms with E-state index in [2.05, 4.69) is 0 Å². The summed E-state index contributed by atoms with van der Waals surface area (Å²) >= 11 is 0. The van der Waals surface area contributed by atoms with E-state index in [0.29, 0.717) is 18.8 Å². The Morgan fingerprint density at radius 1 is 1.53 bits per heavy atom. The fourth-order valence-electron chi connectivity index (χ4n) is 2.18. The van der Waals surface area contributed by atoms with Crippen molar-refractivity contribution in [2.75, 3.05) is 20.2 Å². The number of hydrogen-bond acceptors (Lipinski definition) is 4. The Morgan fingerprint density at radius 2 is 2.37 bits per heavy atom. The molecule has 1 aliphatic heterocycles. The third-order valence-corrected chi connectivity index (χ3v) is 3.20. The highest BCUT2D eigenvalue weighted by atomic mass is 16.5. The summed E-state index contributed by atoms with van der Waals surface area (Å²) < 4.78 is 9.84. The minimum absolute atomic E-state index is 0.106. The summed E-state index contributed by atoms with van der Waals surface area (Å²) in [5.41, 5.74) is 0. The number of methoxy groups -OCH3 is 1. The molecule has 1 aliphatic rings. The van der Waals surface area contributed by atoms with Gasteiger partial charge in [-0.1, -0.05) is 0 Å². The monoisotopic (exact) mass is 263 g/mol. The Kier molecular flexibility index (Phi) is 4.39. The maximum atomic E-state index is 12.0. The molecule has 0 spiro atoms. The third-order valence-electron chi connectivity index (χ3n) is 3.20. The number of amides is 1. The number of likely N-dealkylation sites (tertiary alicyclic amines) is 1. The van der Waals surface area contributed by atoms with Gasteiger partial charge in [-0.25, -0.2) is 0 Å². The van der Waals surface area contributed by atoms with Crippen LogP contribution in [-0.4, -0.2) is 37.0 Å². The lowest BCUT2D eigenvalue weighted by atomic mass is 9.98. The average molecular weight is 263 g/mol. The molecule has 0 aromatic carbocycles. The van der Waals surface area contributed by atoms with Crippen LogP contribution >= 0.6 is 0 Å². The molecule has 0 radical (unpaired) electrons. The van der Waals surface area contributed by atoms with Crippen molar-refractivity contribution in [3.63, 3.8) is 0 Å². The normalized spacial score (nSPS) is 19.6. The molecule has 0 N–H and O–H groups in total. The molecule has 1 aromatic rings. The van der Waals surface area contributed by atoms with Gasteiger partial charge < -0.3 is 14.1 Å². The molecule has 5 nitrogen and oxygen atoms in total. The van der Waals surface area contributed by atoms with Crippen LogP contribution in [0.25, 0.3) is 6.08 Å². The van der Waals surface area contributed by atoms with Gasteiger partial charge in [0.05, 0.1) is 19.3 Å². The van der Waals surface area contributed by atoms with Crippen LogP contribution in [0.15, 0.2) is 28.9 Å². The van der Waals surface area contributed by atoms with E-state index in [0.717, 1.165) is 12.8 Å². The minimum atomic E-state index is -0.243. The maximum Gasteiger partial charge on any atom is 0.310 e. The van der Waals surface area contributed by atoms with Crippen LogP contribution < -0.4 is 0 Å². The number of furan rings is 1. The number of hydrogen-bond donors (Lipinski definition) is 0. The zero-order valence-electron chi connectivity index (χ0n) is 10.9. The van der Waals surface area contributed by atoms with E-state index in [1.165, 1.54) is 13.2 Å². The molecular formula is C14H17NO4. The molecule has 1 amide bonds. The minimum Gasteiger partial charge on any atom is -0.469 e. The van der Waals surface area contributed by atoms with E-state index < -0.39 is 0 Å². The van der Waals surface area contributed by atoms with Crippen LogP contribution in [0.4, 0.5) is 0 Å². The Hall–Kier alpha value is -2.04. The first-order chi connectivity index (χ1) is 9.20. The van der Waals surface area contributed by atoms with Crippen LogP contribution in [0.2, 0.25) is 0 Å². The number of piperidine rings is 1. The van der Waals surface area contributed by atoms with Crippen LogP contribution in [0.5, 0.6) is 0 Å². The maximum absolute atomic E-state index is 12.0. The molecule has 0 unspecified atom stereocenters. The van der Waals surface area contributed by atoms with Crippen molar-refractivity contribution in [1.82, 2.24) is 4.90 Å². The predicted molar refractivity (Wildman–Crippen MR) is 69.1 cm³/mol. The van der Waals surface area contributed by atoms with Gasteiger partial charge in [0, 0.05) is 19.2 Å². The lowest BCUT2D eigenvalue weighted by molar-refractivity contribution is -0.148. The molecule has 0 aliphatic carbocycles. The van der Waals surface area contributed by atoms with Crippen molar-refractivity contribution in [2.24, 2.45) is 5.92 Å². The predicted octanol–water partition coefficient (Wildman–Crippen LogP) is 1.70. The van der Waals surface area contributed by atoms with Gasteiger partial charge >= 0.3 is 5.97 Å². The van der Waals surface area contributed by atoms with Gasteiger partial charge in [0.25, 0.3) is 0 Å². The zero-order chi connectivity index (χ0) is 13.7. The van der Waals surface area contributed by atoms with Crippen LogP contribution in [0.3, 0.4) is 0 Å². The summed E-state index contributed by atoms with van der Waals surface area (Å²) in [4.78, 5) is 25.2. The standard InChI is InChI=1S/C14H17NO4/c1-18-14(17)11-4-2-8-15(10-11)13(16)7-6-12-5-3-9-19-12/h3,5-7,9,11H,2,4,8,10H2,1H3/b7-6+/t11-/m0/s1. The smallest absolute Gasteiger partial charge is 0.310 e. The fourth-order valence-corrected chi connectivity index (χ4v) is 2.18. The summed E-state index contributed by atoms with van der Waals surface area (Å²) in [5.74, 6) is 0.0760. The van der Waals surface area contributed by atoms with Crippen molar-refractivity contribution < 1.29 is 18.7 Å². The summed E-state index contributed by atoms with van der Waals surface area (Å²) in [6.07, 6.45) is 6.25. The first kappa shape index (κ1) is 13.4. The number of carbonyl (C=O) groups is 2. The summed E-state index contributed by atoms with van der Waals surface area (Å²) in [6.45, 7) is 1.10. The highest BCUT2D eigenvalue weighted by molar-refractivity contribution is 5.91. The van der Waals surface area contributed by atoms with Gasteiger partial charge in [-0.15, -0.1) is 0 Å². The zero-order valence-corrected chi connectivity index (χ0v) is 10.9. The Balaban J connectivity index is 1.93. The van der Waals surface area contributed by atoms with E-state index in [9.17, 15) is 9.59 Å². The second-order valence-electron chi connectivity index (χ2n) is 4.50. The molecule has 1 aromatic heterocycles. The van der Waals surface area contributed by atoms with Crippen molar-refractivity contribution in [3.05, 3.63) is 30.2 Å². The van der Waals surface area contributed by atoms with Gasteiger partial charge in [0.1, 0.15) is 5.76 Å². The molecule has 5 heteroatoms. The third kappa shape index (κ3) is 3.47. The van der Waals surface area contributed by atoms with Gasteiger partial charge in [-0.3, -0.25) is 9.59 Å². The molecule has 1 atom stereocenters. The van der Waals surface area contributed by atoms with Crippen molar-refractivity contribution in [2.45, 2.75) is 12.8 Å². The number of ether oxygens (including phenoxy) is 1. The second-order valence-corrected chi connectivity index (χ2v) is 4.50. The number of carbonyl (C=O) groups excluding carboxylic acids is 2. The largest absolute Gasteiger partial charge is 0.469 e. The number of rotatable bonds is 3. The summed E-state index contributed by atoms with van der Waals surface area (Å²) in [6, 6.07) is 3.54. The van der Waals surface area contributed by atoms with Crippen molar-refractivity contribution in [1.29, 1.82) is 0 Å². The van der Waals surface area contributed by atoms with E-state index >= 15 is 0 Å². The highest BCUT2D eigenvalue weighted by Gasteiger charge is 2.28. The molecule has 2 rings (SSSR count). The van der Waals surface area contributed by atoms with Crippen LogP contribution in [0.1, 0.15) is 18.6 Å². The molecule has 102 valence electrons. The molecule has 1 fully saturated rings. The number of esters is 1. The number of nitrogens with zero attached hydrogens (tertiary/aromatic N) is 1. The molecule has 0 bridgehead atoms. The molecule has 2 heterocycles. The van der Waals surface area contributed by atoms with E-state index in [-0.39, 0.29) is 17.8 Å². The fraction of sp³-hybridized carbons (Fsp3) is 0.429. The van der Waals surface area contributed by atoms with Crippen molar-refractivity contribution in [3.8, 4) is 0 Å². The van der Waals surface area contributed by atoms with Crippen LogP contribution in [-0.2, 0) is 14.3 Å². The molecule has 0 saturated carbocycles. The molecule has 1 saturated heterocycles. The quantitative estimate of drug-likeness (QED) is 0.615. The summed E-state index contributed by atoms with van der Waals surface area (Å²) in [5, 5.41) is 0. The second kappa shape index (κ2) is 6.22. The summed E-state index contributed by atoms with van der Waals surface area (Å²) in [7, 11) is 1.37. The SMILES string of the molecule is COC(=O)[C@H]1CCCN(C(=O)/C=C/c2ccco2)C1. The molecule has 19 heavy (non-hydrogen) atoms. The van der Waals surface area contributed by atoms with E-state index in [1.54, 1.807) is 29.4 Å². The molecular weight excluding hydrogens is 246 g/mol. The van der Waals surface area contributed by atoms with Crippen LogP contribution in [0, 0.1) is 5.92 Å². The lowest BCUT2D eigenvalue weighted by Crippen LogP contribution is -2.41. The highest BCUT2D eigenvalue weighted by Crippen LogP contribution is 2.18. The first-order valence-corrected chi connectivity index (χ1v) is 6.29.